The van der Waals surface area contributed by atoms with Crippen LogP contribution in [0.1, 0.15) is 21.6 Å². The summed E-state index contributed by atoms with van der Waals surface area (Å²) in [5.74, 6) is 0.578. The summed E-state index contributed by atoms with van der Waals surface area (Å²) in [4.78, 5) is 17.7. The van der Waals surface area contributed by atoms with Crippen LogP contribution in [0.2, 0.25) is 5.02 Å². The normalized spacial score (nSPS) is 11.0. The van der Waals surface area contributed by atoms with Crippen molar-refractivity contribution in [2.24, 2.45) is 0 Å². The van der Waals surface area contributed by atoms with Gasteiger partial charge in [0.2, 0.25) is 4.96 Å². The highest BCUT2D eigenvalue weighted by molar-refractivity contribution is 7.15. The van der Waals surface area contributed by atoms with Crippen molar-refractivity contribution in [2.75, 3.05) is 6.54 Å². The molecule has 0 fully saturated rings. The van der Waals surface area contributed by atoms with Crippen LogP contribution in [0.4, 0.5) is 0 Å². The van der Waals surface area contributed by atoms with Gasteiger partial charge in [0.1, 0.15) is 0 Å². The number of benzene rings is 2. The highest BCUT2D eigenvalue weighted by atomic mass is 35.5. The minimum Gasteiger partial charge on any atom is -0.352 e. The topological polar surface area (TPSA) is 59.3 Å². The molecule has 1 N–H and O–H groups in total. The fourth-order valence-corrected chi connectivity index (χ4v) is 3.80. The second-order valence-corrected chi connectivity index (χ2v) is 7.51. The molecule has 136 valence electrons. The quantitative estimate of drug-likeness (QED) is 0.544. The summed E-state index contributed by atoms with van der Waals surface area (Å²) in [7, 11) is 0. The van der Waals surface area contributed by atoms with Gasteiger partial charge in [-0.1, -0.05) is 47.5 Å². The maximum Gasteiger partial charge on any atom is 0.251 e. The lowest BCUT2D eigenvalue weighted by atomic mass is 10.1. The first-order valence-corrected chi connectivity index (χ1v) is 9.80. The van der Waals surface area contributed by atoms with Gasteiger partial charge in [-0.2, -0.15) is 4.98 Å². The standard InChI is InChI=1S/C20H17ClN4OS/c1-13-5-7-14(8-6-13)18-23-20-25(24-18)17(12-27-20)9-10-22-19(26)15-3-2-4-16(21)11-15/h2-8,11-12H,9-10H2,1H3,(H,22,26). The van der Waals surface area contributed by atoms with Crippen LogP contribution in [0.5, 0.6) is 0 Å². The molecule has 4 rings (SSSR count). The van der Waals surface area contributed by atoms with Gasteiger partial charge in [-0.05, 0) is 25.1 Å². The van der Waals surface area contributed by atoms with Crippen LogP contribution in [0.25, 0.3) is 16.3 Å². The van der Waals surface area contributed by atoms with Gasteiger partial charge >= 0.3 is 0 Å². The Morgan fingerprint density at radius 2 is 2.04 bits per heavy atom. The first-order valence-electron chi connectivity index (χ1n) is 8.54. The average Bonchev–Trinajstić information content (AvgIpc) is 3.24. The Morgan fingerprint density at radius 1 is 1.22 bits per heavy atom. The number of aromatic nitrogens is 3. The number of thiazole rings is 1. The van der Waals surface area contributed by atoms with Crippen molar-refractivity contribution >= 4 is 33.8 Å². The number of carbonyl (C=O) groups is 1. The molecule has 0 saturated carbocycles. The van der Waals surface area contributed by atoms with Crippen LogP contribution in [0, 0.1) is 6.92 Å². The first-order chi connectivity index (χ1) is 13.1. The Labute approximate surface area is 165 Å². The molecular formula is C20H17ClN4OS. The molecule has 5 nitrogen and oxygen atoms in total. The summed E-state index contributed by atoms with van der Waals surface area (Å²) >= 11 is 7.48. The van der Waals surface area contributed by atoms with Crippen LogP contribution in [0.3, 0.4) is 0 Å². The van der Waals surface area contributed by atoms with Gasteiger partial charge in [0.25, 0.3) is 5.91 Å². The number of aryl methyl sites for hydroxylation is 1. The molecule has 1 amide bonds. The van der Waals surface area contributed by atoms with Gasteiger partial charge < -0.3 is 5.32 Å². The van der Waals surface area contributed by atoms with Gasteiger partial charge in [0.05, 0.1) is 5.69 Å². The number of halogens is 1. The van der Waals surface area contributed by atoms with E-state index >= 15 is 0 Å². The summed E-state index contributed by atoms with van der Waals surface area (Å²) in [5, 5.41) is 10.1. The Bertz CT molecular complexity index is 1100. The largest absolute Gasteiger partial charge is 0.352 e. The third-order valence-corrected chi connectivity index (χ3v) is 5.31. The van der Waals surface area contributed by atoms with Gasteiger partial charge in [-0.25, -0.2) is 4.52 Å². The van der Waals surface area contributed by atoms with Crippen molar-refractivity contribution in [3.63, 3.8) is 0 Å². The van der Waals surface area contributed by atoms with Gasteiger partial charge in [-0.3, -0.25) is 4.79 Å². The smallest absolute Gasteiger partial charge is 0.251 e. The number of nitrogens with one attached hydrogen (secondary N) is 1. The van der Waals surface area contributed by atoms with Crippen LogP contribution in [0.15, 0.2) is 53.9 Å². The van der Waals surface area contributed by atoms with Crippen molar-refractivity contribution in [1.82, 2.24) is 19.9 Å². The zero-order valence-corrected chi connectivity index (χ0v) is 16.2. The minimum atomic E-state index is -0.136. The maximum absolute atomic E-state index is 12.2. The monoisotopic (exact) mass is 396 g/mol. The summed E-state index contributed by atoms with van der Waals surface area (Å²) in [6.45, 7) is 2.57. The van der Waals surface area contributed by atoms with E-state index in [1.807, 2.05) is 22.0 Å². The van der Waals surface area contributed by atoms with E-state index in [2.05, 4.69) is 34.5 Å². The van der Waals surface area contributed by atoms with E-state index in [4.69, 9.17) is 11.6 Å². The van der Waals surface area contributed by atoms with Gasteiger partial charge in [0.15, 0.2) is 5.82 Å². The molecule has 0 saturated heterocycles. The van der Waals surface area contributed by atoms with E-state index in [0.717, 1.165) is 16.2 Å². The third-order valence-electron chi connectivity index (χ3n) is 4.21. The van der Waals surface area contributed by atoms with E-state index in [9.17, 15) is 4.79 Å². The molecule has 0 aliphatic rings. The van der Waals surface area contributed by atoms with E-state index in [1.165, 1.54) is 5.56 Å². The molecule has 7 heteroatoms. The maximum atomic E-state index is 12.2. The predicted molar refractivity (Wildman–Crippen MR) is 109 cm³/mol. The fraction of sp³-hybridized carbons (Fsp3) is 0.150. The first kappa shape index (κ1) is 17.7. The van der Waals surface area contributed by atoms with Crippen molar-refractivity contribution in [3.05, 3.63) is 75.8 Å². The molecule has 0 aliphatic heterocycles. The molecule has 27 heavy (non-hydrogen) atoms. The summed E-state index contributed by atoms with van der Waals surface area (Å²) in [6, 6.07) is 15.1. The molecule has 0 radical (unpaired) electrons. The summed E-state index contributed by atoms with van der Waals surface area (Å²) in [6.07, 6.45) is 0.670. The number of nitrogens with zero attached hydrogens (tertiary/aromatic N) is 3. The van der Waals surface area contributed by atoms with E-state index < -0.39 is 0 Å². The van der Waals surface area contributed by atoms with Crippen LogP contribution in [-0.2, 0) is 6.42 Å². The molecule has 0 spiro atoms. The molecule has 2 aromatic carbocycles. The Hall–Kier alpha value is -2.70. The highest BCUT2D eigenvalue weighted by Gasteiger charge is 2.12. The molecule has 2 heterocycles. The molecule has 4 aromatic rings. The second kappa shape index (κ2) is 7.50. The third kappa shape index (κ3) is 3.86. The van der Waals surface area contributed by atoms with E-state index in [-0.39, 0.29) is 5.91 Å². The lowest BCUT2D eigenvalue weighted by Crippen LogP contribution is -2.26. The number of rotatable bonds is 5. The van der Waals surface area contributed by atoms with Gasteiger partial charge in [-0.15, -0.1) is 16.4 Å². The number of amides is 1. The molecule has 0 unspecified atom stereocenters. The SMILES string of the molecule is Cc1ccc(-c2nc3scc(CCNC(=O)c4cccc(Cl)c4)n3n2)cc1. The van der Waals surface area contributed by atoms with E-state index in [1.54, 1.807) is 35.6 Å². The lowest BCUT2D eigenvalue weighted by molar-refractivity contribution is 0.0954. The van der Waals surface area contributed by atoms with Crippen LogP contribution < -0.4 is 5.32 Å². The van der Waals surface area contributed by atoms with Crippen LogP contribution >= 0.6 is 22.9 Å². The predicted octanol–water partition coefficient (Wildman–Crippen LogP) is 4.39. The van der Waals surface area contributed by atoms with Crippen molar-refractivity contribution in [1.29, 1.82) is 0 Å². The molecule has 0 bridgehead atoms. The molecule has 2 aromatic heterocycles. The zero-order chi connectivity index (χ0) is 18.8. The number of fused-ring (bicyclic) bond motifs is 1. The van der Waals surface area contributed by atoms with Crippen molar-refractivity contribution < 1.29 is 4.79 Å². The van der Waals surface area contributed by atoms with Crippen LogP contribution in [-0.4, -0.2) is 27.0 Å². The van der Waals surface area contributed by atoms with E-state index in [0.29, 0.717) is 29.4 Å². The number of hydrogen-bond acceptors (Lipinski definition) is 4. The average molecular weight is 397 g/mol. The number of carbonyl (C=O) groups excluding carboxylic acids is 1. The molecule has 0 atom stereocenters. The Morgan fingerprint density at radius 3 is 2.81 bits per heavy atom. The van der Waals surface area contributed by atoms with Crippen molar-refractivity contribution in [2.45, 2.75) is 13.3 Å². The Kier molecular flexibility index (Phi) is 4.92. The summed E-state index contributed by atoms with van der Waals surface area (Å²) in [5.41, 5.74) is 3.78. The molecule has 0 aliphatic carbocycles. The second-order valence-electron chi connectivity index (χ2n) is 6.24. The van der Waals surface area contributed by atoms with Crippen molar-refractivity contribution in [3.8, 4) is 11.4 Å². The molecular weight excluding hydrogens is 380 g/mol. The minimum absolute atomic E-state index is 0.136. The summed E-state index contributed by atoms with van der Waals surface area (Å²) < 4.78 is 1.85. The Balaban J connectivity index is 1.45. The number of hydrogen-bond donors (Lipinski definition) is 1. The highest BCUT2D eigenvalue weighted by Crippen LogP contribution is 2.21. The van der Waals surface area contributed by atoms with Gasteiger partial charge in [0, 0.05) is 34.5 Å². The lowest BCUT2D eigenvalue weighted by Gasteiger charge is -2.05. The fourth-order valence-electron chi connectivity index (χ4n) is 2.76. The zero-order valence-electron chi connectivity index (χ0n) is 14.6.